The Bertz CT molecular complexity index is 836. The Balaban J connectivity index is 1.59. The minimum atomic E-state index is -0.128. The van der Waals surface area contributed by atoms with Crippen molar-refractivity contribution in [1.29, 1.82) is 0 Å². The molecular formula is C19H17BrCl2N2O2. The molecule has 1 aliphatic rings. The number of likely N-dealkylation sites (tertiary alicyclic amines) is 1. The van der Waals surface area contributed by atoms with Crippen LogP contribution in [-0.4, -0.2) is 29.8 Å². The van der Waals surface area contributed by atoms with Crippen LogP contribution in [0.1, 0.15) is 23.2 Å². The summed E-state index contributed by atoms with van der Waals surface area (Å²) in [5.74, 6) is -0.267. The molecule has 0 unspecified atom stereocenters. The van der Waals surface area contributed by atoms with Gasteiger partial charge in [-0.05, 0) is 59.1 Å². The summed E-state index contributed by atoms with van der Waals surface area (Å²) >= 11 is 15.4. The number of hydrogen-bond acceptors (Lipinski definition) is 2. The van der Waals surface area contributed by atoms with Crippen molar-refractivity contribution in [3.8, 4) is 0 Å². The zero-order chi connectivity index (χ0) is 18.7. The first-order valence-corrected chi connectivity index (χ1v) is 9.80. The van der Waals surface area contributed by atoms with E-state index in [9.17, 15) is 9.59 Å². The van der Waals surface area contributed by atoms with Gasteiger partial charge in [0.25, 0.3) is 5.91 Å². The number of amides is 2. The van der Waals surface area contributed by atoms with Gasteiger partial charge < -0.3 is 10.2 Å². The van der Waals surface area contributed by atoms with Crippen LogP contribution in [0.15, 0.2) is 46.9 Å². The molecule has 2 amide bonds. The molecule has 0 atom stereocenters. The maximum atomic E-state index is 12.6. The van der Waals surface area contributed by atoms with E-state index in [1.54, 1.807) is 23.1 Å². The van der Waals surface area contributed by atoms with Gasteiger partial charge in [0.1, 0.15) is 0 Å². The van der Waals surface area contributed by atoms with Gasteiger partial charge in [-0.25, -0.2) is 0 Å². The van der Waals surface area contributed by atoms with E-state index < -0.39 is 0 Å². The second-order valence-electron chi connectivity index (χ2n) is 6.16. The Morgan fingerprint density at radius 2 is 1.77 bits per heavy atom. The van der Waals surface area contributed by atoms with E-state index in [4.69, 9.17) is 23.2 Å². The first-order chi connectivity index (χ1) is 12.5. The highest BCUT2D eigenvalue weighted by Gasteiger charge is 2.28. The van der Waals surface area contributed by atoms with Gasteiger partial charge >= 0.3 is 0 Å². The van der Waals surface area contributed by atoms with Crippen molar-refractivity contribution in [1.82, 2.24) is 4.90 Å². The molecule has 3 rings (SSSR count). The quantitative estimate of drug-likeness (QED) is 0.687. The first kappa shape index (κ1) is 19.2. The van der Waals surface area contributed by atoms with Crippen molar-refractivity contribution >= 4 is 56.6 Å². The molecular weight excluding hydrogens is 439 g/mol. The second kappa shape index (κ2) is 8.42. The van der Waals surface area contributed by atoms with Gasteiger partial charge in [0.2, 0.25) is 5.91 Å². The smallest absolute Gasteiger partial charge is 0.255 e. The molecule has 0 spiro atoms. The van der Waals surface area contributed by atoms with Crippen molar-refractivity contribution in [3.05, 3.63) is 62.5 Å². The average Bonchev–Trinajstić information content (AvgIpc) is 2.63. The minimum absolute atomic E-state index is 0.0199. The molecule has 136 valence electrons. The largest absolute Gasteiger partial charge is 0.339 e. The molecule has 2 aromatic rings. The number of anilines is 1. The van der Waals surface area contributed by atoms with Gasteiger partial charge in [0, 0.05) is 28.5 Å². The summed E-state index contributed by atoms with van der Waals surface area (Å²) in [4.78, 5) is 26.9. The van der Waals surface area contributed by atoms with E-state index in [1.165, 1.54) is 0 Å². The zero-order valence-electron chi connectivity index (χ0n) is 13.8. The Kier molecular flexibility index (Phi) is 6.22. The summed E-state index contributed by atoms with van der Waals surface area (Å²) < 4.78 is 0.846. The first-order valence-electron chi connectivity index (χ1n) is 8.25. The molecule has 1 aliphatic heterocycles. The van der Waals surface area contributed by atoms with E-state index in [0.29, 0.717) is 41.5 Å². The predicted octanol–water partition coefficient (Wildman–Crippen LogP) is 5.25. The molecule has 1 saturated heterocycles. The van der Waals surface area contributed by atoms with E-state index in [-0.39, 0.29) is 17.7 Å². The summed E-state index contributed by atoms with van der Waals surface area (Å²) in [6.45, 7) is 1.04. The standard InChI is InChI=1S/C19H17BrCl2N2O2/c20-15-3-1-2-4-17(15)23-18(25)12-7-9-24(10-8-12)19(26)14-6-5-13(21)11-16(14)22/h1-6,11-12H,7-10H2,(H,23,25). The predicted molar refractivity (Wildman–Crippen MR) is 108 cm³/mol. The Morgan fingerprint density at radius 1 is 1.08 bits per heavy atom. The van der Waals surface area contributed by atoms with Crippen molar-refractivity contribution in [2.75, 3.05) is 18.4 Å². The SMILES string of the molecule is O=C(Nc1ccccc1Br)C1CCN(C(=O)c2ccc(Cl)cc2Cl)CC1. The van der Waals surface area contributed by atoms with Crippen LogP contribution in [0.2, 0.25) is 10.0 Å². The van der Waals surface area contributed by atoms with Gasteiger partial charge in [-0.15, -0.1) is 0 Å². The molecule has 1 fully saturated rings. The van der Waals surface area contributed by atoms with Gasteiger partial charge in [0.05, 0.1) is 16.3 Å². The normalized spacial score (nSPS) is 15.0. The number of halogens is 3. The Morgan fingerprint density at radius 3 is 2.42 bits per heavy atom. The lowest BCUT2D eigenvalue weighted by Crippen LogP contribution is -2.41. The maximum Gasteiger partial charge on any atom is 0.255 e. The fourth-order valence-corrected chi connectivity index (χ4v) is 3.85. The van der Waals surface area contributed by atoms with Gasteiger partial charge in [-0.2, -0.15) is 0 Å². The van der Waals surface area contributed by atoms with Gasteiger partial charge in [-0.1, -0.05) is 35.3 Å². The van der Waals surface area contributed by atoms with Crippen LogP contribution in [0.4, 0.5) is 5.69 Å². The fraction of sp³-hybridized carbons (Fsp3) is 0.263. The summed E-state index contributed by atoms with van der Waals surface area (Å²) in [5, 5.41) is 3.78. The molecule has 0 radical (unpaired) electrons. The van der Waals surface area contributed by atoms with E-state index >= 15 is 0 Å². The lowest BCUT2D eigenvalue weighted by Gasteiger charge is -2.31. The molecule has 0 aromatic heterocycles. The number of rotatable bonds is 3. The van der Waals surface area contributed by atoms with E-state index in [1.807, 2.05) is 24.3 Å². The Labute approximate surface area is 170 Å². The third kappa shape index (κ3) is 4.40. The molecule has 0 bridgehead atoms. The zero-order valence-corrected chi connectivity index (χ0v) is 16.9. The van der Waals surface area contributed by atoms with Crippen LogP contribution in [0, 0.1) is 5.92 Å². The maximum absolute atomic E-state index is 12.6. The minimum Gasteiger partial charge on any atom is -0.339 e. The van der Waals surface area contributed by atoms with Crippen molar-refractivity contribution in [2.45, 2.75) is 12.8 Å². The topological polar surface area (TPSA) is 49.4 Å². The summed E-state index contributed by atoms with van der Waals surface area (Å²) in [5.41, 5.74) is 1.19. The third-order valence-corrected chi connectivity index (χ3v) is 5.69. The Hall–Kier alpha value is -1.56. The van der Waals surface area contributed by atoms with Crippen molar-refractivity contribution in [2.24, 2.45) is 5.92 Å². The van der Waals surface area contributed by atoms with Crippen molar-refractivity contribution in [3.63, 3.8) is 0 Å². The average molecular weight is 456 g/mol. The monoisotopic (exact) mass is 454 g/mol. The number of piperidine rings is 1. The van der Waals surface area contributed by atoms with Crippen LogP contribution in [0.3, 0.4) is 0 Å². The summed E-state index contributed by atoms with van der Waals surface area (Å²) in [6, 6.07) is 12.4. The fourth-order valence-electron chi connectivity index (χ4n) is 2.98. The highest BCUT2D eigenvalue weighted by Crippen LogP contribution is 2.27. The molecule has 1 heterocycles. The number of hydrogen-bond donors (Lipinski definition) is 1. The molecule has 26 heavy (non-hydrogen) atoms. The lowest BCUT2D eigenvalue weighted by molar-refractivity contribution is -0.121. The highest BCUT2D eigenvalue weighted by molar-refractivity contribution is 9.10. The summed E-state index contributed by atoms with van der Waals surface area (Å²) in [7, 11) is 0. The van der Waals surface area contributed by atoms with Crippen LogP contribution >= 0.6 is 39.1 Å². The molecule has 4 nitrogen and oxygen atoms in total. The summed E-state index contributed by atoms with van der Waals surface area (Å²) in [6.07, 6.45) is 1.24. The number of benzene rings is 2. The third-order valence-electron chi connectivity index (χ3n) is 4.45. The number of carbonyl (C=O) groups is 2. The van der Waals surface area contributed by atoms with Gasteiger partial charge in [0.15, 0.2) is 0 Å². The molecule has 7 heteroatoms. The molecule has 0 aliphatic carbocycles. The molecule has 2 aromatic carbocycles. The molecule has 0 saturated carbocycles. The van der Waals surface area contributed by atoms with Crippen molar-refractivity contribution < 1.29 is 9.59 Å². The van der Waals surface area contributed by atoms with Crippen LogP contribution in [-0.2, 0) is 4.79 Å². The second-order valence-corrected chi connectivity index (χ2v) is 7.86. The number of carbonyl (C=O) groups excluding carboxylic acids is 2. The lowest BCUT2D eigenvalue weighted by atomic mass is 9.95. The number of nitrogens with one attached hydrogen (secondary N) is 1. The number of nitrogens with zero attached hydrogens (tertiary/aromatic N) is 1. The number of para-hydroxylation sites is 1. The van der Waals surface area contributed by atoms with E-state index in [2.05, 4.69) is 21.2 Å². The van der Waals surface area contributed by atoms with E-state index in [0.717, 1.165) is 10.2 Å². The highest BCUT2D eigenvalue weighted by atomic mass is 79.9. The van der Waals surface area contributed by atoms with Crippen LogP contribution < -0.4 is 5.32 Å². The molecule has 1 N–H and O–H groups in total. The van der Waals surface area contributed by atoms with Crippen LogP contribution in [0.5, 0.6) is 0 Å². The van der Waals surface area contributed by atoms with Gasteiger partial charge in [-0.3, -0.25) is 9.59 Å². The van der Waals surface area contributed by atoms with Crippen LogP contribution in [0.25, 0.3) is 0 Å².